The Morgan fingerprint density at radius 2 is 1.77 bits per heavy atom. The maximum atomic E-state index is 6.22. The van der Waals surface area contributed by atoms with Crippen LogP contribution in [0, 0.1) is 5.92 Å². The summed E-state index contributed by atoms with van der Waals surface area (Å²) < 4.78 is 11.9. The summed E-state index contributed by atoms with van der Waals surface area (Å²) in [4.78, 5) is 5.10. The van der Waals surface area contributed by atoms with Gasteiger partial charge in [-0.15, -0.1) is 6.58 Å². The second-order valence-corrected chi connectivity index (χ2v) is 10.4. The van der Waals surface area contributed by atoms with Gasteiger partial charge in [0.05, 0.1) is 7.11 Å². The lowest BCUT2D eigenvalue weighted by Gasteiger charge is -2.35. The van der Waals surface area contributed by atoms with Gasteiger partial charge in [0, 0.05) is 44.8 Å². The summed E-state index contributed by atoms with van der Waals surface area (Å²) in [6, 6.07) is 13.1. The van der Waals surface area contributed by atoms with Gasteiger partial charge in [0.15, 0.2) is 0 Å². The SMILES string of the molecule is C=CCN1CCN(CC2=C(C)c3ccc(OCc4ccc(CC(C)C)cc4OC)cc3CC2)CC1. The number of fused-ring (bicyclic) bond motifs is 1. The van der Waals surface area contributed by atoms with Crippen molar-refractivity contribution in [1.82, 2.24) is 9.80 Å². The van der Waals surface area contributed by atoms with Crippen LogP contribution in [0.3, 0.4) is 0 Å². The van der Waals surface area contributed by atoms with Crippen LogP contribution in [0.4, 0.5) is 0 Å². The van der Waals surface area contributed by atoms with Gasteiger partial charge in [-0.3, -0.25) is 9.80 Å². The van der Waals surface area contributed by atoms with Crippen molar-refractivity contribution in [2.24, 2.45) is 5.92 Å². The van der Waals surface area contributed by atoms with Crippen molar-refractivity contribution in [3.8, 4) is 11.5 Å². The number of allylic oxidation sites excluding steroid dienone is 1. The molecule has 1 heterocycles. The molecular weight excluding hydrogens is 432 g/mol. The van der Waals surface area contributed by atoms with Gasteiger partial charge in [-0.2, -0.15) is 0 Å². The number of ether oxygens (including phenoxy) is 2. The number of nitrogens with zero attached hydrogens (tertiary/aromatic N) is 2. The van der Waals surface area contributed by atoms with Gasteiger partial charge in [-0.1, -0.05) is 43.7 Å². The van der Waals surface area contributed by atoms with E-state index in [2.05, 4.69) is 73.5 Å². The predicted molar refractivity (Wildman–Crippen MR) is 146 cm³/mol. The average molecular weight is 475 g/mol. The fourth-order valence-electron chi connectivity index (χ4n) is 5.34. The first kappa shape index (κ1) is 25.5. The molecule has 1 saturated heterocycles. The number of methoxy groups -OCH3 is 1. The minimum absolute atomic E-state index is 0.516. The Balaban J connectivity index is 1.38. The number of benzene rings is 2. The summed E-state index contributed by atoms with van der Waals surface area (Å²) in [6.07, 6.45) is 5.30. The molecule has 2 aromatic carbocycles. The molecule has 4 nitrogen and oxygen atoms in total. The van der Waals surface area contributed by atoms with E-state index >= 15 is 0 Å². The van der Waals surface area contributed by atoms with Crippen LogP contribution in [-0.4, -0.2) is 56.2 Å². The van der Waals surface area contributed by atoms with Crippen molar-refractivity contribution >= 4 is 5.57 Å². The minimum atomic E-state index is 0.516. The normalized spacial score (nSPS) is 16.9. The molecule has 0 aromatic heterocycles. The van der Waals surface area contributed by atoms with E-state index in [0.29, 0.717) is 12.5 Å². The Hall–Kier alpha value is -2.56. The van der Waals surface area contributed by atoms with E-state index in [4.69, 9.17) is 9.47 Å². The van der Waals surface area contributed by atoms with E-state index in [1.54, 1.807) is 12.7 Å². The molecule has 0 radical (unpaired) electrons. The molecule has 4 rings (SSSR count). The molecule has 35 heavy (non-hydrogen) atoms. The summed E-state index contributed by atoms with van der Waals surface area (Å²) in [5.41, 5.74) is 8.23. The Morgan fingerprint density at radius 3 is 2.49 bits per heavy atom. The highest BCUT2D eigenvalue weighted by atomic mass is 16.5. The van der Waals surface area contributed by atoms with E-state index < -0.39 is 0 Å². The zero-order valence-electron chi connectivity index (χ0n) is 22.1. The molecular formula is C31H42N2O2. The molecule has 0 unspecified atom stereocenters. The quantitative estimate of drug-likeness (QED) is 0.395. The molecule has 4 heteroatoms. The van der Waals surface area contributed by atoms with Gasteiger partial charge >= 0.3 is 0 Å². The van der Waals surface area contributed by atoms with Crippen LogP contribution in [0.25, 0.3) is 5.57 Å². The third kappa shape index (κ3) is 6.56. The number of rotatable bonds is 10. The lowest BCUT2D eigenvalue weighted by atomic mass is 9.86. The van der Waals surface area contributed by atoms with Crippen LogP contribution in [-0.2, 0) is 19.4 Å². The first-order chi connectivity index (χ1) is 17.0. The molecule has 1 fully saturated rings. The number of hydrogen-bond donors (Lipinski definition) is 0. The van der Waals surface area contributed by atoms with Crippen molar-refractivity contribution in [2.45, 2.75) is 46.6 Å². The zero-order chi connectivity index (χ0) is 24.8. The monoisotopic (exact) mass is 474 g/mol. The van der Waals surface area contributed by atoms with Crippen LogP contribution < -0.4 is 9.47 Å². The van der Waals surface area contributed by atoms with Crippen LogP contribution >= 0.6 is 0 Å². The van der Waals surface area contributed by atoms with Crippen LogP contribution in [0.1, 0.15) is 49.4 Å². The van der Waals surface area contributed by atoms with Crippen molar-refractivity contribution in [1.29, 1.82) is 0 Å². The van der Waals surface area contributed by atoms with Gasteiger partial charge in [0.1, 0.15) is 18.1 Å². The first-order valence-electron chi connectivity index (χ1n) is 13.1. The topological polar surface area (TPSA) is 24.9 Å². The lowest BCUT2D eigenvalue weighted by molar-refractivity contribution is 0.150. The van der Waals surface area contributed by atoms with Gasteiger partial charge in [0.2, 0.25) is 0 Å². The molecule has 188 valence electrons. The standard InChI is InChI=1S/C31H42N2O2/c1-6-13-32-14-16-33(17-15-32)21-27-10-9-26-20-29(11-12-30(26)24(27)4)35-22-28-8-7-25(18-23(2)3)19-31(28)34-5/h6-8,11-12,19-20,23H,1,9-10,13-18,21-22H2,2-5H3. The molecule has 0 saturated carbocycles. The van der Waals surface area contributed by atoms with Crippen molar-refractivity contribution in [3.63, 3.8) is 0 Å². The number of aryl methyl sites for hydroxylation is 1. The highest BCUT2D eigenvalue weighted by Gasteiger charge is 2.21. The fourth-order valence-corrected chi connectivity index (χ4v) is 5.34. The van der Waals surface area contributed by atoms with Crippen LogP contribution in [0.5, 0.6) is 11.5 Å². The molecule has 0 N–H and O–H groups in total. The van der Waals surface area contributed by atoms with E-state index in [-0.39, 0.29) is 0 Å². The Morgan fingerprint density at radius 1 is 1.00 bits per heavy atom. The molecule has 0 bridgehead atoms. The van der Waals surface area contributed by atoms with E-state index in [0.717, 1.165) is 75.6 Å². The predicted octanol–water partition coefficient (Wildman–Crippen LogP) is 6.00. The lowest BCUT2D eigenvalue weighted by Crippen LogP contribution is -2.46. The molecule has 1 aliphatic carbocycles. The summed E-state index contributed by atoms with van der Waals surface area (Å²) >= 11 is 0. The van der Waals surface area contributed by atoms with E-state index in [1.807, 2.05) is 6.08 Å². The van der Waals surface area contributed by atoms with Crippen molar-refractivity contribution < 1.29 is 9.47 Å². The molecule has 2 aromatic rings. The average Bonchev–Trinajstić information content (AvgIpc) is 2.85. The largest absolute Gasteiger partial charge is 0.496 e. The van der Waals surface area contributed by atoms with Crippen LogP contribution in [0.15, 0.2) is 54.6 Å². The highest BCUT2D eigenvalue weighted by molar-refractivity contribution is 5.72. The second kappa shape index (κ2) is 11.9. The summed E-state index contributed by atoms with van der Waals surface area (Å²) in [7, 11) is 1.74. The van der Waals surface area contributed by atoms with Crippen LogP contribution in [0.2, 0.25) is 0 Å². The second-order valence-electron chi connectivity index (χ2n) is 10.4. The third-order valence-corrected chi connectivity index (χ3v) is 7.36. The molecule has 1 aliphatic heterocycles. The van der Waals surface area contributed by atoms with E-state index in [1.165, 1.54) is 22.3 Å². The maximum absolute atomic E-state index is 6.22. The minimum Gasteiger partial charge on any atom is -0.496 e. The zero-order valence-corrected chi connectivity index (χ0v) is 22.1. The maximum Gasteiger partial charge on any atom is 0.125 e. The van der Waals surface area contributed by atoms with Gasteiger partial charge < -0.3 is 9.47 Å². The summed E-state index contributed by atoms with van der Waals surface area (Å²) in [5.74, 6) is 2.48. The first-order valence-corrected chi connectivity index (χ1v) is 13.1. The molecule has 0 atom stereocenters. The molecule has 0 spiro atoms. The van der Waals surface area contributed by atoms with Crippen molar-refractivity contribution in [2.75, 3.05) is 46.4 Å². The van der Waals surface area contributed by atoms with Gasteiger partial charge in [0.25, 0.3) is 0 Å². The highest BCUT2D eigenvalue weighted by Crippen LogP contribution is 2.34. The number of piperazine rings is 1. The summed E-state index contributed by atoms with van der Waals surface area (Å²) in [5, 5.41) is 0. The molecule has 0 amide bonds. The van der Waals surface area contributed by atoms with Gasteiger partial charge in [-0.25, -0.2) is 0 Å². The Kier molecular flexibility index (Phi) is 8.69. The Bertz CT molecular complexity index is 1050. The Labute approximate surface area is 212 Å². The fraction of sp³-hybridized carbons (Fsp3) is 0.484. The van der Waals surface area contributed by atoms with Gasteiger partial charge in [-0.05, 0) is 72.6 Å². The summed E-state index contributed by atoms with van der Waals surface area (Å²) in [6.45, 7) is 17.8. The molecule has 2 aliphatic rings. The smallest absolute Gasteiger partial charge is 0.125 e. The van der Waals surface area contributed by atoms with Crippen molar-refractivity contribution in [3.05, 3.63) is 76.9 Å². The number of hydrogen-bond acceptors (Lipinski definition) is 4. The third-order valence-electron chi connectivity index (χ3n) is 7.36. The van der Waals surface area contributed by atoms with E-state index in [9.17, 15) is 0 Å².